The summed E-state index contributed by atoms with van der Waals surface area (Å²) in [5.74, 6) is -0.738. The van der Waals surface area contributed by atoms with Crippen LogP contribution in [0.3, 0.4) is 0 Å². The van der Waals surface area contributed by atoms with Crippen LogP contribution in [0.4, 0.5) is 17.3 Å². The highest BCUT2D eigenvalue weighted by atomic mass is 16.6. The van der Waals surface area contributed by atoms with Crippen LogP contribution in [0.25, 0.3) is 5.69 Å². The monoisotopic (exact) mass is 280 g/mol. The van der Waals surface area contributed by atoms with E-state index < -0.39 is 32.1 Å². The zero-order chi connectivity index (χ0) is 14.9. The molecule has 0 atom stereocenters. The Hall–Kier alpha value is -3.44. The second kappa shape index (κ2) is 4.68. The summed E-state index contributed by atoms with van der Waals surface area (Å²) in [5, 5.41) is 35.4. The van der Waals surface area contributed by atoms with E-state index in [1.807, 2.05) is 0 Å². The van der Waals surface area contributed by atoms with Gasteiger partial charge in [0, 0.05) is 11.2 Å². The molecule has 0 saturated carbocycles. The second-order valence-electron chi connectivity index (χ2n) is 3.43. The zero-order valence-corrected chi connectivity index (χ0v) is 9.44. The molecule has 2 aromatic rings. The predicted molar refractivity (Wildman–Crippen MR) is 61.3 cm³/mol. The minimum absolute atomic E-state index is 0.166. The summed E-state index contributed by atoms with van der Waals surface area (Å²) < 4.78 is 0.806. The molecular formula is C8H4N6O6. The molecular weight excluding hydrogens is 276 g/mol. The lowest BCUT2D eigenvalue weighted by molar-refractivity contribution is -0.394. The lowest BCUT2D eigenvalue weighted by Gasteiger charge is -1.99. The highest BCUT2D eigenvalue weighted by molar-refractivity contribution is 5.57. The molecule has 0 fully saturated rings. The van der Waals surface area contributed by atoms with Crippen LogP contribution < -0.4 is 0 Å². The summed E-state index contributed by atoms with van der Waals surface area (Å²) >= 11 is 0. The molecule has 2 rings (SSSR count). The van der Waals surface area contributed by atoms with Gasteiger partial charge in [0.15, 0.2) is 5.69 Å². The Morgan fingerprint density at radius 3 is 2.20 bits per heavy atom. The minimum Gasteiger partial charge on any atom is -0.390 e. The van der Waals surface area contributed by atoms with E-state index in [0.29, 0.717) is 0 Å². The standard InChI is InChI=1S/C8H4N6O6/c15-12(16)5-1-2-6(7(3-5)13(17)18)11-4-9-8(10-11)14(19)20/h1-4H. The Balaban J connectivity index is 2.57. The number of hydrogen-bond donors (Lipinski definition) is 0. The van der Waals surface area contributed by atoms with Crippen LogP contribution in [-0.4, -0.2) is 29.5 Å². The van der Waals surface area contributed by atoms with Crippen molar-refractivity contribution in [2.75, 3.05) is 0 Å². The summed E-state index contributed by atoms with van der Waals surface area (Å²) in [6.45, 7) is 0. The molecule has 0 N–H and O–H groups in total. The van der Waals surface area contributed by atoms with Gasteiger partial charge in [-0.3, -0.25) is 20.2 Å². The van der Waals surface area contributed by atoms with Crippen molar-refractivity contribution in [2.45, 2.75) is 0 Å². The van der Waals surface area contributed by atoms with Crippen molar-refractivity contribution >= 4 is 17.3 Å². The molecule has 20 heavy (non-hydrogen) atoms. The Morgan fingerprint density at radius 1 is 1.00 bits per heavy atom. The summed E-state index contributed by atoms with van der Waals surface area (Å²) in [5.41, 5.74) is -1.25. The van der Waals surface area contributed by atoms with E-state index in [4.69, 9.17) is 0 Å². The van der Waals surface area contributed by atoms with Crippen molar-refractivity contribution < 1.29 is 14.8 Å². The third-order valence-electron chi connectivity index (χ3n) is 2.26. The van der Waals surface area contributed by atoms with Gasteiger partial charge in [-0.1, -0.05) is 4.98 Å². The maximum absolute atomic E-state index is 10.9. The average Bonchev–Trinajstić information content (AvgIpc) is 2.87. The lowest BCUT2D eigenvalue weighted by atomic mass is 10.2. The summed E-state index contributed by atoms with van der Waals surface area (Å²) in [4.78, 5) is 32.8. The molecule has 1 aromatic heterocycles. The van der Waals surface area contributed by atoms with Crippen molar-refractivity contribution in [1.29, 1.82) is 0 Å². The van der Waals surface area contributed by atoms with Gasteiger partial charge in [0.2, 0.25) is 6.33 Å². The summed E-state index contributed by atoms with van der Waals surface area (Å²) in [7, 11) is 0. The molecule has 0 saturated heterocycles. The minimum atomic E-state index is -0.867. The molecule has 0 amide bonds. The van der Waals surface area contributed by atoms with Gasteiger partial charge in [-0.15, -0.1) is 4.68 Å². The number of aromatic nitrogens is 3. The first-order valence-corrected chi connectivity index (χ1v) is 4.89. The predicted octanol–water partition coefficient (Wildman–Crippen LogP) is 0.992. The molecule has 0 aliphatic heterocycles. The fraction of sp³-hybridized carbons (Fsp3) is 0. The number of non-ortho nitro benzene ring substituents is 1. The molecule has 0 radical (unpaired) electrons. The van der Waals surface area contributed by atoms with Crippen LogP contribution in [-0.2, 0) is 0 Å². The van der Waals surface area contributed by atoms with Crippen molar-refractivity contribution in [3.05, 3.63) is 54.9 Å². The third kappa shape index (κ3) is 2.24. The van der Waals surface area contributed by atoms with E-state index in [0.717, 1.165) is 29.2 Å². The van der Waals surface area contributed by atoms with Crippen LogP contribution in [0, 0.1) is 30.3 Å². The molecule has 0 aliphatic rings. The Labute approximate surface area is 108 Å². The number of nitro groups is 3. The Morgan fingerprint density at radius 2 is 1.70 bits per heavy atom. The molecule has 12 nitrogen and oxygen atoms in total. The number of rotatable bonds is 4. The fourth-order valence-corrected chi connectivity index (χ4v) is 1.42. The van der Waals surface area contributed by atoms with Gasteiger partial charge >= 0.3 is 11.6 Å². The summed E-state index contributed by atoms with van der Waals surface area (Å²) in [6.07, 6.45) is 0.909. The molecule has 0 unspecified atom stereocenters. The van der Waals surface area contributed by atoms with Gasteiger partial charge in [-0.2, -0.15) is 0 Å². The first kappa shape index (κ1) is 13.0. The maximum atomic E-state index is 10.9. The third-order valence-corrected chi connectivity index (χ3v) is 2.26. The topological polar surface area (TPSA) is 160 Å². The molecule has 0 spiro atoms. The van der Waals surface area contributed by atoms with E-state index >= 15 is 0 Å². The highest BCUT2D eigenvalue weighted by Crippen LogP contribution is 2.27. The molecule has 0 aliphatic carbocycles. The van der Waals surface area contributed by atoms with E-state index in [-0.39, 0.29) is 5.69 Å². The molecule has 102 valence electrons. The van der Waals surface area contributed by atoms with E-state index in [2.05, 4.69) is 10.1 Å². The van der Waals surface area contributed by atoms with E-state index in [9.17, 15) is 30.3 Å². The second-order valence-corrected chi connectivity index (χ2v) is 3.43. The van der Waals surface area contributed by atoms with Crippen LogP contribution >= 0.6 is 0 Å². The average molecular weight is 280 g/mol. The number of nitrogens with zero attached hydrogens (tertiary/aromatic N) is 6. The number of benzene rings is 1. The van der Waals surface area contributed by atoms with E-state index in [1.165, 1.54) is 0 Å². The molecule has 1 aromatic carbocycles. The highest BCUT2D eigenvalue weighted by Gasteiger charge is 2.24. The van der Waals surface area contributed by atoms with Crippen LogP contribution in [0.1, 0.15) is 0 Å². The van der Waals surface area contributed by atoms with Crippen molar-refractivity contribution in [1.82, 2.24) is 14.8 Å². The smallest absolute Gasteiger partial charge is 0.390 e. The van der Waals surface area contributed by atoms with Crippen LogP contribution in [0.2, 0.25) is 0 Å². The maximum Gasteiger partial charge on any atom is 0.491 e. The fourth-order valence-electron chi connectivity index (χ4n) is 1.42. The number of hydrogen-bond acceptors (Lipinski definition) is 8. The van der Waals surface area contributed by atoms with E-state index in [1.54, 1.807) is 0 Å². The quantitative estimate of drug-likeness (QED) is 0.591. The molecule has 0 bridgehead atoms. The van der Waals surface area contributed by atoms with Gasteiger partial charge in [0.25, 0.3) is 5.69 Å². The van der Waals surface area contributed by atoms with Crippen LogP contribution in [0.15, 0.2) is 24.5 Å². The molecule has 12 heteroatoms. The van der Waals surface area contributed by atoms with Crippen molar-refractivity contribution in [3.63, 3.8) is 0 Å². The first-order valence-electron chi connectivity index (χ1n) is 4.89. The zero-order valence-electron chi connectivity index (χ0n) is 9.44. The van der Waals surface area contributed by atoms with Crippen molar-refractivity contribution in [2.24, 2.45) is 0 Å². The van der Waals surface area contributed by atoms with Gasteiger partial charge in [-0.05, 0) is 11.0 Å². The Bertz CT molecular complexity index is 724. The largest absolute Gasteiger partial charge is 0.491 e. The summed E-state index contributed by atoms with van der Waals surface area (Å²) in [6, 6.07) is 2.83. The SMILES string of the molecule is O=[N+]([O-])c1ccc(-n2cnc([N+](=O)[O-])n2)c([N+](=O)[O-])c1. The van der Waals surface area contributed by atoms with Gasteiger partial charge in [0.1, 0.15) is 0 Å². The van der Waals surface area contributed by atoms with Gasteiger partial charge in [-0.25, -0.2) is 0 Å². The van der Waals surface area contributed by atoms with Gasteiger partial charge < -0.3 is 10.1 Å². The van der Waals surface area contributed by atoms with Crippen LogP contribution in [0.5, 0.6) is 0 Å². The Kier molecular flexibility index (Phi) is 3.04. The first-order chi connectivity index (χ1) is 9.40. The number of nitro benzene ring substituents is 2. The lowest BCUT2D eigenvalue weighted by Crippen LogP contribution is -2.02. The van der Waals surface area contributed by atoms with Gasteiger partial charge in [0.05, 0.1) is 15.9 Å². The normalized spacial score (nSPS) is 10.2. The van der Waals surface area contributed by atoms with Crippen molar-refractivity contribution in [3.8, 4) is 5.69 Å². The molecule has 1 heterocycles.